The molecule has 4 N–H and O–H groups in total. The van der Waals surface area contributed by atoms with Gasteiger partial charge in [0.1, 0.15) is 11.5 Å². The third-order valence-electron chi connectivity index (χ3n) is 3.37. The summed E-state index contributed by atoms with van der Waals surface area (Å²) in [6.07, 6.45) is 0. The van der Waals surface area contributed by atoms with E-state index in [1.165, 1.54) is 12.1 Å². The first-order valence-electron chi connectivity index (χ1n) is 6.49. The predicted molar refractivity (Wildman–Crippen MR) is 81.8 cm³/mol. The highest BCUT2D eigenvalue weighted by atomic mass is 19.1. The molecule has 0 bridgehead atoms. The Morgan fingerprint density at radius 2 is 2.05 bits per heavy atom. The first-order chi connectivity index (χ1) is 10.0. The fourth-order valence-electron chi connectivity index (χ4n) is 2.26. The number of anilines is 2. The molecule has 3 aromatic rings. The maximum atomic E-state index is 13.1. The monoisotopic (exact) mass is 283 g/mol. The van der Waals surface area contributed by atoms with Crippen LogP contribution >= 0.6 is 0 Å². The van der Waals surface area contributed by atoms with Crippen molar-refractivity contribution in [1.29, 1.82) is 0 Å². The van der Waals surface area contributed by atoms with Gasteiger partial charge in [-0.05, 0) is 42.8 Å². The van der Waals surface area contributed by atoms with Gasteiger partial charge in [-0.1, -0.05) is 12.1 Å². The number of nitrogens with one attached hydrogen (secondary N) is 2. The number of aromatic amines is 1. The average Bonchev–Trinajstić information content (AvgIpc) is 2.87. The zero-order chi connectivity index (χ0) is 15.0. The predicted octanol–water partition coefficient (Wildman–Crippen LogP) is 3.45. The molecular formula is C16H14FN3O. The molecule has 2 aromatic carbocycles. The molecule has 21 heavy (non-hydrogen) atoms. The minimum absolute atomic E-state index is 0.291. The highest BCUT2D eigenvalue weighted by molar-refractivity contribution is 6.07. The molecule has 0 atom stereocenters. The number of amides is 1. The van der Waals surface area contributed by atoms with E-state index in [0.29, 0.717) is 22.6 Å². The van der Waals surface area contributed by atoms with E-state index in [0.717, 1.165) is 10.9 Å². The van der Waals surface area contributed by atoms with Crippen molar-refractivity contribution in [3.63, 3.8) is 0 Å². The molecule has 5 heteroatoms. The highest BCUT2D eigenvalue weighted by Gasteiger charge is 2.12. The Labute approximate surface area is 120 Å². The van der Waals surface area contributed by atoms with Crippen LogP contribution in [0.5, 0.6) is 0 Å². The Morgan fingerprint density at radius 3 is 2.76 bits per heavy atom. The third-order valence-corrected chi connectivity index (χ3v) is 3.37. The van der Waals surface area contributed by atoms with Crippen LogP contribution in [-0.4, -0.2) is 10.9 Å². The fourth-order valence-corrected chi connectivity index (χ4v) is 2.26. The SMILES string of the molecule is Cc1cc(F)ccc1NC(=O)c1cc2cccc(N)c2[nH]1. The number of halogens is 1. The number of H-pyrrole nitrogens is 1. The summed E-state index contributed by atoms with van der Waals surface area (Å²) in [6, 6.07) is 11.4. The van der Waals surface area contributed by atoms with Crippen LogP contribution in [0.1, 0.15) is 16.1 Å². The molecule has 1 amide bonds. The van der Waals surface area contributed by atoms with Crippen LogP contribution in [0, 0.1) is 12.7 Å². The number of carbonyl (C=O) groups excluding carboxylic acids is 1. The Balaban J connectivity index is 1.92. The molecule has 0 spiro atoms. The van der Waals surface area contributed by atoms with Crippen LogP contribution in [0.2, 0.25) is 0 Å². The van der Waals surface area contributed by atoms with Crippen LogP contribution in [0.15, 0.2) is 42.5 Å². The van der Waals surface area contributed by atoms with Gasteiger partial charge in [0.05, 0.1) is 11.2 Å². The van der Waals surface area contributed by atoms with Crippen LogP contribution in [0.25, 0.3) is 10.9 Å². The molecule has 0 aliphatic rings. The second-order valence-corrected chi connectivity index (χ2v) is 4.91. The van der Waals surface area contributed by atoms with Crippen molar-refractivity contribution in [1.82, 2.24) is 4.98 Å². The van der Waals surface area contributed by atoms with E-state index in [1.54, 1.807) is 25.1 Å². The molecule has 0 saturated carbocycles. The number of carbonyl (C=O) groups is 1. The second-order valence-electron chi connectivity index (χ2n) is 4.91. The number of aryl methyl sites for hydroxylation is 1. The Kier molecular flexibility index (Phi) is 3.10. The number of hydrogen-bond donors (Lipinski definition) is 3. The van der Waals surface area contributed by atoms with Crippen molar-refractivity contribution in [2.75, 3.05) is 11.1 Å². The van der Waals surface area contributed by atoms with Gasteiger partial charge in [-0.3, -0.25) is 4.79 Å². The van der Waals surface area contributed by atoms with Gasteiger partial charge in [0.25, 0.3) is 5.91 Å². The van der Waals surface area contributed by atoms with E-state index in [4.69, 9.17) is 5.73 Å². The van der Waals surface area contributed by atoms with Gasteiger partial charge in [0, 0.05) is 11.1 Å². The Bertz CT molecular complexity index is 839. The van der Waals surface area contributed by atoms with Crippen LogP contribution in [0.4, 0.5) is 15.8 Å². The van der Waals surface area contributed by atoms with Gasteiger partial charge in [-0.2, -0.15) is 0 Å². The van der Waals surface area contributed by atoms with Crippen molar-refractivity contribution in [3.8, 4) is 0 Å². The molecular weight excluding hydrogens is 269 g/mol. The smallest absolute Gasteiger partial charge is 0.272 e. The molecule has 0 saturated heterocycles. The van der Waals surface area contributed by atoms with Gasteiger partial charge < -0.3 is 16.0 Å². The van der Waals surface area contributed by atoms with Crippen molar-refractivity contribution in [2.24, 2.45) is 0 Å². The van der Waals surface area contributed by atoms with Crippen LogP contribution < -0.4 is 11.1 Å². The summed E-state index contributed by atoms with van der Waals surface area (Å²) >= 11 is 0. The molecule has 0 aliphatic carbocycles. The standard InChI is InChI=1S/C16H14FN3O/c1-9-7-11(17)5-6-13(9)20-16(21)14-8-10-3-2-4-12(18)15(10)19-14/h2-8,19H,18H2,1H3,(H,20,21). The number of para-hydroxylation sites is 1. The zero-order valence-corrected chi connectivity index (χ0v) is 11.4. The summed E-state index contributed by atoms with van der Waals surface area (Å²) < 4.78 is 13.1. The highest BCUT2D eigenvalue weighted by Crippen LogP contribution is 2.22. The number of nitrogens with two attached hydrogens (primary N) is 1. The summed E-state index contributed by atoms with van der Waals surface area (Å²) in [5.74, 6) is -0.621. The summed E-state index contributed by atoms with van der Waals surface area (Å²) in [6.45, 7) is 1.74. The van der Waals surface area contributed by atoms with Crippen molar-refractivity contribution >= 4 is 28.2 Å². The number of rotatable bonds is 2. The summed E-state index contributed by atoms with van der Waals surface area (Å²) in [5, 5.41) is 3.63. The van der Waals surface area contributed by atoms with Gasteiger partial charge in [-0.15, -0.1) is 0 Å². The fraction of sp³-hybridized carbons (Fsp3) is 0.0625. The number of aromatic nitrogens is 1. The molecule has 1 aromatic heterocycles. The van der Waals surface area contributed by atoms with E-state index in [9.17, 15) is 9.18 Å². The number of hydrogen-bond acceptors (Lipinski definition) is 2. The van der Waals surface area contributed by atoms with Gasteiger partial charge >= 0.3 is 0 Å². The number of benzene rings is 2. The molecule has 106 valence electrons. The number of fused-ring (bicyclic) bond motifs is 1. The lowest BCUT2D eigenvalue weighted by Gasteiger charge is -2.07. The minimum Gasteiger partial charge on any atom is -0.397 e. The van der Waals surface area contributed by atoms with E-state index in [2.05, 4.69) is 10.3 Å². The zero-order valence-electron chi connectivity index (χ0n) is 11.4. The molecule has 3 rings (SSSR count). The topological polar surface area (TPSA) is 70.9 Å². The van der Waals surface area contributed by atoms with E-state index < -0.39 is 0 Å². The molecule has 0 radical (unpaired) electrons. The average molecular weight is 283 g/mol. The Morgan fingerprint density at radius 1 is 1.24 bits per heavy atom. The van der Waals surface area contributed by atoms with Crippen molar-refractivity contribution in [2.45, 2.75) is 6.92 Å². The summed E-state index contributed by atoms with van der Waals surface area (Å²) in [7, 11) is 0. The first kappa shape index (κ1) is 13.2. The molecule has 0 aliphatic heterocycles. The van der Waals surface area contributed by atoms with Crippen molar-refractivity contribution < 1.29 is 9.18 Å². The van der Waals surface area contributed by atoms with Gasteiger partial charge in [0.15, 0.2) is 0 Å². The molecule has 0 unspecified atom stereocenters. The normalized spacial score (nSPS) is 10.8. The second kappa shape index (κ2) is 4.94. The largest absolute Gasteiger partial charge is 0.397 e. The quantitative estimate of drug-likeness (QED) is 0.630. The lowest BCUT2D eigenvalue weighted by atomic mass is 10.2. The van der Waals surface area contributed by atoms with Gasteiger partial charge in [0.2, 0.25) is 0 Å². The minimum atomic E-state index is -0.330. The maximum absolute atomic E-state index is 13.1. The first-order valence-corrected chi connectivity index (χ1v) is 6.49. The van der Waals surface area contributed by atoms with Crippen LogP contribution in [-0.2, 0) is 0 Å². The summed E-state index contributed by atoms with van der Waals surface area (Å²) in [4.78, 5) is 15.3. The van der Waals surface area contributed by atoms with E-state index in [-0.39, 0.29) is 11.7 Å². The van der Waals surface area contributed by atoms with Crippen molar-refractivity contribution in [3.05, 3.63) is 59.5 Å². The van der Waals surface area contributed by atoms with Crippen LogP contribution in [0.3, 0.4) is 0 Å². The lowest BCUT2D eigenvalue weighted by molar-refractivity contribution is 0.102. The Hall–Kier alpha value is -2.82. The van der Waals surface area contributed by atoms with E-state index >= 15 is 0 Å². The molecule has 4 nitrogen and oxygen atoms in total. The van der Waals surface area contributed by atoms with E-state index in [1.807, 2.05) is 12.1 Å². The van der Waals surface area contributed by atoms with Gasteiger partial charge in [-0.25, -0.2) is 4.39 Å². The number of nitrogen functional groups attached to an aromatic ring is 1. The molecule has 1 heterocycles. The summed E-state index contributed by atoms with van der Waals surface area (Å²) in [5.41, 5.74) is 8.83. The lowest BCUT2D eigenvalue weighted by Crippen LogP contribution is -2.13. The maximum Gasteiger partial charge on any atom is 0.272 e. The molecule has 0 fully saturated rings. The third kappa shape index (κ3) is 2.45.